The molecule has 0 spiro atoms. The van der Waals surface area contributed by atoms with E-state index in [1.54, 1.807) is 24.3 Å². The number of hydrogen-bond acceptors (Lipinski definition) is 3. The minimum Gasteiger partial charge on any atom is -0.508 e. The number of benzene rings is 2. The highest BCUT2D eigenvalue weighted by atomic mass is 35.5. The van der Waals surface area contributed by atoms with Crippen LogP contribution < -0.4 is 0 Å². The van der Waals surface area contributed by atoms with Gasteiger partial charge in [0.2, 0.25) is 0 Å². The summed E-state index contributed by atoms with van der Waals surface area (Å²) in [5, 5.41) is 18.9. The number of phenolic OH excluding ortho intramolecular Hbond substituents is 1. The summed E-state index contributed by atoms with van der Waals surface area (Å²) in [5.74, 6) is 0.0991. The molecule has 0 saturated heterocycles. The summed E-state index contributed by atoms with van der Waals surface area (Å²) in [7, 11) is 0. The summed E-state index contributed by atoms with van der Waals surface area (Å²) >= 11 is 7.26. The molecule has 0 fully saturated rings. The van der Waals surface area contributed by atoms with E-state index in [1.165, 1.54) is 17.8 Å². The van der Waals surface area contributed by atoms with Gasteiger partial charge in [-0.3, -0.25) is 0 Å². The smallest absolute Gasteiger partial charge is 0.116 e. The zero-order valence-corrected chi connectivity index (χ0v) is 10.3. The summed E-state index contributed by atoms with van der Waals surface area (Å²) in [6.45, 7) is 0. The lowest BCUT2D eigenvalue weighted by Gasteiger charge is -2.04. The van der Waals surface area contributed by atoms with Gasteiger partial charge in [0.1, 0.15) is 11.8 Å². The standard InChI is InChI=1S/C13H8ClNOS/c14-10-1-4-12(5-2-10)17-13-6-3-11(16)7-9(13)8-15/h1-7,16H. The Kier molecular flexibility index (Phi) is 3.58. The van der Waals surface area contributed by atoms with Gasteiger partial charge in [0.15, 0.2) is 0 Å². The molecule has 0 bridgehead atoms. The highest BCUT2D eigenvalue weighted by molar-refractivity contribution is 7.99. The Balaban J connectivity index is 2.30. The van der Waals surface area contributed by atoms with Crippen molar-refractivity contribution in [3.8, 4) is 11.8 Å². The third-order valence-electron chi connectivity index (χ3n) is 2.13. The lowest BCUT2D eigenvalue weighted by molar-refractivity contribution is 0.474. The molecular formula is C13H8ClNOS. The van der Waals surface area contributed by atoms with Crippen molar-refractivity contribution < 1.29 is 5.11 Å². The molecule has 17 heavy (non-hydrogen) atoms. The van der Waals surface area contributed by atoms with E-state index in [0.29, 0.717) is 10.6 Å². The fourth-order valence-corrected chi connectivity index (χ4v) is 2.33. The van der Waals surface area contributed by atoms with Crippen molar-refractivity contribution in [1.82, 2.24) is 0 Å². The molecule has 0 aliphatic heterocycles. The van der Waals surface area contributed by atoms with E-state index in [-0.39, 0.29) is 5.75 Å². The Morgan fingerprint density at radius 2 is 1.82 bits per heavy atom. The van der Waals surface area contributed by atoms with Crippen LogP contribution in [0.5, 0.6) is 5.75 Å². The average molecular weight is 262 g/mol. The van der Waals surface area contributed by atoms with Crippen molar-refractivity contribution in [3.05, 3.63) is 53.1 Å². The van der Waals surface area contributed by atoms with Gasteiger partial charge in [0.25, 0.3) is 0 Å². The van der Waals surface area contributed by atoms with Gasteiger partial charge >= 0.3 is 0 Å². The van der Waals surface area contributed by atoms with Crippen LogP contribution in [0, 0.1) is 11.3 Å². The van der Waals surface area contributed by atoms with Crippen LogP contribution >= 0.6 is 23.4 Å². The Labute approximate surface area is 108 Å². The molecular weight excluding hydrogens is 254 g/mol. The van der Waals surface area contributed by atoms with Gasteiger partial charge < -0.3 is 5.11 Å². The molecule has 0 heterocycles. The minimum absolute atomic E-state index is 0.0991. The number of phenols is 1. The molecule has 0 amide bonds. The van der Waals surface area contributed by atoms with Gasteiger partial charge in [-0.2, -0.15) is 5.26 Å². The molecule has 2 aromatic carbocycles. The predicted octanol–water partition coefficient (Wildman–Crippen LogP) is 4.07. The average Bonchev–Trinajstić information content (AvgIpc) is 2.34. The Bertz CT molecular complexity index is 575. The molecule has 0 radical (unpaired) electrons. The van der Waals surface area contributed by atoms with Crippen molar-refractivity contribution in [2.45, 2.75) is 9.79 Å². The summed E-state index contributed by atoms with van der Waals surface area (Å²) in [6, 6.07) is 14.2. The van der Waals surface area contributed by atoms with E-state index >= 15 is 0 Å². The lowest BCUT2D eigenvalue weighted by Crippen LogP contribution is -1.81. The number of hydrogen-bond donors (Lipinski definition) is 1. The molecule has 0 aliphatic carbocycles. The van der Waals surface area contributed by atoms with Crippen LogP contribution in [0.4, 0.5) is 0 Å². The second kappa shape index (κ2) is 5.13. The molecule has 0 atom stereocenters. The normalized spacial score (nSPS) is 9.88. The largest absolute Gasteiger partial charge is 0.508 e. The van der Waals surface area contributed by atoms with Crippen molar-refractivity contribution in [2.75, 3.05) is 0 Å². The second-order valence-electron chi connectivity index (χ2n) is 3.35. The van der Waals surface area contributed by atoms with Crippen LogP contribution in [-0.4, -0.2) is 5.11 Å². The van der Waals surface area contributed by atoms with E-state index in [2.05, 4.69) is 6.07 Å². The maximum absolute atomic E-state index is 9.29. The summed E-state index contributed by atoms with van der Waals surface area (Å²) in [6.07, 6.45) is 0. The van der Waals surface area contributed by atoms with E-state index in [4.69, 9.17) is 16.9 Å². The van der Waals surface area contributed by atoms with Crippen LogP contribution in [0.2, 0.25) is 5.02 Å². The van der Waals surface area contributed by atoms with Gasteiger partial charge in [-0.05, 0) is 42.5 Å². The molecule has 84 valence electrons. The Hall–Kier alpha value is -1.63. The van der Waals surface area contributed by atoms with Crippen LogP contribution in [0.25, 0.3) is 0 Å². The van der Waals surface area contributed by atoms with Crippen LogP contribution in [-0.2, 0) is 0 Å². The first-order chi connectivity index (χ1) is 8.19. The topological polar surface area (TPSA) is 44.0 Å². The fraction of sp³-hybridized carbons (Fsp3) is 0. The number of aromatic hydroxyl groups is 1. The molecule has 0 aromatic heterocycles. The number of nitriles is 1. The minimum atomic E-state index is 0.0991. The SMILES string of the molecule is N#Cc1cc(O)ccc1Sc1ccc(Cl)cc1. The highest BCUT2D eigenvalue weighted by Gasteiger charge is 2.05. The molecule has 2 aromatic rings. The highest BCUT2D eigenvalue weighted by Crippen LogP contribution is 2.32. The van der Waals surface area contributed by atoms with Gasteiger partial charge in [0, 0.05) is 14.8 Å². The molecule has 2 rings (SSSR count). The van der Waals surface area contributed by atoms with Crippen LogP contribution in [0.15, 0.2) is 52.3 Å². The maximum atomic E-state index is 9.29. The van der Waals surface area contributed by atoms with Gasteiger partial charge in [0.05, 0.1) is 5.56 Å². The van der Waals surface area contributed by atoms with Crippen LogP contribution in [0.1, 0.15) is 5.56 Å². The van der Waals surface area contributed by atoms with Gasteiger partial charge in [-0.1, -0.05) is 23.4 Å². The fourth-order valence-electron chi connectivity index (χ4n) is 1.32. The summed E-state index contributed by atoms with van der Waals surface area (Å²) < 4.78 is 0. The monoisotopic (exact) mass is 261 g/mol. The zero-order valence-electron chi connectivity index (χ0n) is 8.72. The molecule has 0 saturated carbocycles. The predicted molar refractivity (Wildman–Crippen MR) is 68.4 cm³/mol. The number of rotatable bonds is 2. The van der Waals surface area contributed by atoms with Crippen LogP contribution in [0.3, 0.4) is 0 Å². The van der Waals surface area contributed by atoms with E-state index in [1.807, 2.05) is 12.1 Å². The van der Waals surface area contributed by atoms with Crippen molar-refractivity contribution in [1.29, 1.82) is 5.26 Å². The lowest BCUT2D eigenvalue weighted by atomic mass is 10.2. The van der Waals surface area contributed by atoms with Gasteiger partial charge in [-0.25, -0.2) is 0 Å². The Morgan fingerprint density at radius 1 is 1.12 bits per heavy atom. The zero-order chi connectivity index (χ0) is 12.3. The first kappa shape index (κ1) is 11.8. The molecule has 2 nitrogen and oxygen atoms in total. The Morgan fingerprint density at radius 3 is 2.47 bits per heavy atom. The van der Waals surface area contributed by atoms with Crippen molar-refractivity contribution in [2.24, 2.45) is 0 Å². The first-order valence-electron chi connectivity index (χ1n) is 4.85. The second-order valence-corrected chi connectivity index (χ2v) is 4.90. The van der Waals surface area contributed by atoms with E-state index in [0.717, 1.165) is 9.79 Å². The molecule has 0 aliphatic rings. The van der Waals surface area contributed by atoms with Crippen molar-refractivity contribution in [3.63, 3.8) is 0 Å². The number of halogens is 1. The third-order valence-corrected chi connectivity index (χ3v) is 3.46. The van der Waals surface area contributed by atoms with E-state index < -0.39 is 0 Å². The van der Waals surface area contributed by atoms with Crippen molar-refractivity contribution >= 4 is 23.4 Å². The third kappa shape index (κ3) is 2.94. The summed E-state index contributed by atoms with van der Waals surface area (Å²) in [4.78, 5) is 1.81. The number of nitrogens with zero attached hydrogens (tertiary/aromatic N) is 1. The first-order valence-corrected chi connectivity index (χ1v) is 6.05. The maximum Gasteiger partial charge on any atom is 0.116 e. The quantitative estimate of drug-likeness (QED) is 0.886. The molecule has 1 N–H and O–H groups in total. The molecule has 4 heteroatoms. The molecule has 0 unspecified atom stereocenters. The van der Waals surface area contributed by atoms with E-state index in [9.17, 15) is 5.11 Å². The summed E-state index contributed by atoms with van der Waals surface area (Å²) in [5.41, 5.74) is 0.463. The van der Waals surface area contributed by atoms with Gasteiger partial charge in [-0.15, -0.1) is 0 Å².